The number of benzene rings is 2. The van der Waals surface area contributed by atoms with Crippen LogP contribution in [0.2, 0.25) is 0 Å². The lowest BCUT2D eigenvalue weighted by Gasteiger charge is -2.38. The van der Waals surface area contributed by atoms with E-state index in [1.807, 2.05) is 24.3 Å². The molecule has 142 valence electrons. The standard InChI is InChI=1S/C21H18N2O4S/c1-27-16-11-12-21(15-24,19-13-22-20-10-6-5-9-18(19)20)23(14-16)28(25,26)17-7-3-2-4-8-17/h2-15,22H,1H3. The third kappa shape index (κ3) is 2.63. The van der Waals surface area contributed by atoms with Crippen molar-refractivity contribution in [2.24, 2.45) is 0 Å². The number of rotatable bonds is 5. The van der Waals surface area contributed by atoms with E-state index >= 15 is 0 Å². The molecule has 0 aliphatic carbocycles. The number of aldehydes is 1. The van der Waals surface area contributed by atoms with Gasteiger partial charge in [0.25, 0.3) is 10.0 Å². The van der Waals surface area contributed by atoms with Gasteiger partial charge in [-0.25, -0.2) is 12.7 Å². The van der Waals surface area contributed by atoms with E-state index in [4.69, 9.17) is 4.74 Å². The molecule has 0 fully saturated rings. The van der Waals surface area contributed by atoms with Crippen molar-refractivity contribution in [2.45, 2.75) is 10.4 Å². The van der Waals surface area contributed by atoms with Crippen LogP contribution in [0.3, 0.4) is 0 Å². The second-order valence-corrected chi connectivity index (χ2v) is 8.19. The number of sulfonamides is 1. The molecular formula is C21H18N2O4S. The Morgan fingerprint density at radius 2 is 1.79 bits per heavy atom. The molecule has 1 aromatic heterocycles. The minimum absolute atomic E-state index is 0.0862. The van der Waals surface area contributed by atoms with Crippen LogP contribution in [0.15, 0.2) is 89.8 Å². The third-order valence-electron chi connectivity index (χ3n) is 4.85. The number of fused-ring (bicyclic) bond motifs is 1. The van der Waals surface area contributed by atoms with E-state index in [2.05, 4.69) is 4.98 Å². The van der Waals surface area contributed by atoms with Gasteiger partial charge in [-0.3, -0.25) is 4.79 Å². The number of hydrogen-bond acceptors (Lipinski definition) is 4. The monoisotopic (exact) mass is 394 g/mol. The van der Waals surface area contributed by atoms with E-state index < -0.39 is 15.6 Å². The van der Waals surface area contributed by atoms with Crippen LogP contribution in [0.4, 0.5) is 0 Å². The summed E-state index contributed by atoms with van der Waals surface area (Å²) in [5, 5.41) is 0.766. The summed E-state index contributed by atoms with van der Waals surface area (Å²) in [5.74, 6) is 0.330. The first-order valence-electron chi connectivity index (χ1n) is 8.60. The molecule has 1 unspecified atom stereocenters. The first-order chi connectivity index (χ1) is 13.5. The van der Waals surface area contributed by atoms with Gasteiger partial charge in [-0.1, -0.05) is 36.4 Å². The summed E-state index contributed by atoms with van der Waals surface area (Å²) in [6.07, 6.45) is 6.81. The van der Waals surface area contributed by atoms with Gasteiger partial charge in [0.2, 0.25) is 0 Å². The highest BCUT2D eigenvalue weighted by Gasteiger charge is 2.45. The second-order valence-electron chi connectivity index (χ2n) is 6.37. The predicted molar refractivity (Wildman–Crippen MR) is 106 cm³/mol. The number of allylic oxidation sites excluding steroid dienone is 1. The van der Waals surface area contributed by atoms with Gasteiger partial charge < -0.3 is 9.72 Å². The Hall–Kier alpha value is -3.32. The van der Waals surface area contributed by atoms with Crippen molar-refractivity contribution < 1.29 is 17.9 Å². The quantitative estimate of drug-likeness (QED) is 0.674. The summed E-state index contributed by atoms with van der Waals surface area (Å²) in [6, 6.07) is 15.4. The number of aromatic amines is 1. The minimum atomic E-state index is -4.04. The Morgan fingerprint density at radius 1 is 1.07 bits per heavy atom. The lowest BCUT2D eigenvalue weighted by molar-refractivity contribution is -0.113. The van der Waals surface area contributed by atoms with Gasteiger partial charge in [-0.05, 0) is 30.4 Å². The number of para-hydroxylation sites is 1. The molecule has 1 atom stereocenters. The molecule has 0 radical (unpaired) electrons. The molecule has 1 aliphatic rings. The first kappa shape index (κ1) is 18.1. The highest BCUT2D eigenvalue weighted by molar-refractivity contribution is 7.89. The van der Waals surface area contributed by atoms with Crippen molar-refractivity contribution in [3.8, 4) is 0 Å². The fourth-order valence-electron chi connectivity index (χ4n) is 3.41. The van der Waals surface area contributed by atoms with Crippen LogP contribution >= 0.6 is 0 Å². The van der Waals surface area contributed by atoms with Gasteiger partial charge in [0, 0.05) is 22.7 Å². The topological polar surface area (TPSA) is 79.5 Å². The van der Waals surface area contributed by atoms with Crippen LogP contribution in [0.1, 0.15) is 5.56 Å². The Labute approximate surface area is 162 Å². The summed E-state index contributed by atoms with van der Waals surface area (Å²) in [7, 11) is -2.59. The predicted octanol–water partition coefficient (Wildman–Crippen LogP) is 3.31. The van der Waals surface area contributed by atoms with E-state index in [0.29, 0.717) is 17.6 Å². The van der Waals surface area contributed by atoms with Crippen molar-refractivity contribution >= 4 is 27.2 Å². The number of nitrogens with one attached hydrogen (secondary N) is 1. The van der Waals surface area contributed by atoms with Crippen molar-refractivity contribution in [1.29, 1.82) is 0 Å². The molecule has 1 N–H and O–H groups in total. The van der Waals surface area contributed by atoms with Gasteiger partial charge >= 0.3 is 0 Å². The fraction of sp³-hybridized carbons (Fsp3) is 0.0952. The van der Waals surface area contributed by atoms with E-state index in [9.17, 15) is 13.2 Å². The number of carbonyl (C=O) groups is 1. The molecule has 0 spiro atoms. The zero-order valence-electron chi connectivity index (χ0n) is 15.1. The summed E-state index contributed by atoms with van der Waals surface area (Å²) in [6.45, 7) is 0. The lowest BCUT2D eigenvalue weighted by Crippen LogP contribution is -2.47. The van der Waals surface area contributed by atoms with Crippen LogP contribution in [0, 0.1) is 0 Å². The molecule has 7 heteroatoms. The summed E-state index contributed by atoms with van der Waals surface area (Å²) < 4.78 is 33.3. The summed E-state index contributed by atoms with van der Waals surface area (Å²) in [5.41, 5.74) is -0.193. The molecule has 1 aliphatic heterocycles. The zero-order chi connectivity index (χ0) is 19.8. The molecule has 0 bridgehead atoms. The molecular weight excluding hydrogens is 376 g/mol. The van der Waals surface area contributed by atoms with Gasteiger partial charge in [0.05, 0.1) is 18.2 Å². The van der Waals surface area contributed by atoms with E-state index in [-0.39, 0.29) is 4.90 Å². The average molecular weight is 394 g/mol. The smallest absolute Gasteiger partial charge is 0.265 e. The largest absolute Gasteiger partial charge is 0.495 e. The molecule has 3 aromatic rings. The molecule has 0 saturated heterocycles. The summed E-state index contributed by atoms with van der Waals surface area (Å²) >= 11 is 0. The Morgan fingerprint density at radius 3 is 2.50 bits per heavy atom. The molecule has 4 rings (SSSR count). The maximum absolute atomic E-state index is 13.5. The zero-order valence-corrected chi connectivity index (χ0v) is 15.9. The fourth-order valence-corrected chi connectivity index (χ4v) is 4.98. The number of nitrogens with zero attached hydrogens (tertiary/aromatic N) is 1. The van der Waals surface area contributed by atoms with E-state index in [1.54, 1.807) is 36.5 Å². The third-order valence-corrected chi connectivity index (χ3v) is 6.64. The second kappa shape index (κ2) is 6.69. The van der Waals surface area contributed by atoms with Gasteiger partial charge in [-0.2, -0.15) is 0 Å². The maximum Gasteiger partial charge on any atom is 0.265 e. The number of H-pyrrole nitrogens is 1. The van der Waals surface area contributed by atoms with Crippen LogP contribution < -0.4 is 0 Å². The number of methoxy groups -OCH3 is 1. The van der Waals surface area contributed by atoms with E-state index in [0.717, 1.165) is 15.2 Å². The van der Waals surface area contributed by atoms with Crippen LogP contribution in [-0.4, -0.2) is 31.1 Å². The Kier molecular flexibility index (Phi) is 4.31. The van der Waals surface area contributed by atoms with Gasteiger partial charge in [0.1, 0.15) is 5.76 Å². The van der Waals surface area contributed by atoms with Crippen molar-refractivity contribution in [3.63, 3.8) is 0 Å². The average Bonchev–Trinajstić information content (AvgIpc) is 3.18. The van der Waals surface area contributed by atoms with Gasteiger partial charge in [0.15, 0.2) is 11.8 Å². The highest BCUT2D eigenvalue weighted by atomic mass is 32.2. The Balaban J connectivity index is 1.99. The highest BCUT2D eigenvalue weighted by Crippen LogP contribution is 2.40. The minimum Gasteiger partial charge on any atom is -0.495 e. The molecule has 6 nitrogen and oxygen atoms in total. The van der Waals surface area contributed by atoms with Crippen molar-refractivity contribution in [2.75, 3.05) is 7.11 Å². The molecule has 0 amide bonds. The molecule has 28 heavy (non-hydrogen) atoms. The van der Waals surface area contributed by atoms with Crippen LogP contribution in [0.25, 0.3) is 10.9 Å². The lowest BCUT2D eigenvalue weighted by atomic mass is 9.89. The molecule has 2 aromatic carbocycles. The normalized spacial score (nSPS) is 19.5. The molecule has 2 heterocycles. The number of carbonyl (C=O) groups excluding carboxylic acids is 1. The number of ether oxygens (including phenoxy) is 1. The first-order valence-corrected chi connectivity index (χ1v) is 10.0. The van der Waals surface area contributed by atoms with Gasteiger partial charge in [-0.15, -0.1) is 0 Å². The van der Waals surface area contributed by atoms with E-state index in [1.165, 1.54) is 25.4 Å². The number of hydrogen-bond donors (Lipinski definition) is 1. The maximum atomic E-state index is 13.5. The van der Waals surface area contributed by atoms with Crippen LogP contribution in [-0.2, 0) is 25.1 Å². The van der Waals surface area contributed by atoms with Crippen molar-refractivity contribution in [3.05, 3.63) is 90.5 Å². The molecule has 0 saturated carbocycles. The number of aromatic nitrogens is 1. The Bertz CT molecular complexity index is 1200. The van der Waals surface area contributed by atoms with Crippen molar-refractivity contribution in [1.82, 2.24) is 9.29 Å². The summed E-state index contributed by atoms with van der Waals surface area (Å²) in [4.78, 5) is 15.7. The SMILES string of the molecule is COC1=CN(S(=O)(=O)c2ccccc2)C(C=O)(c2c[nH]c3ccccc23)C=C1. The van der Waals surface area contributed by atoms with Crippen LogP contribution in [0.5, 0.6) is 0 Å².